The van der Waals surface area contributed by atoms with Crippen LogP contribution in [0.3, 0.4) is 0 Å². The van der Waals surface area contributed by atoms with E-state index in [1.807, 2.05) is 6.92 Å². The average Bonchev–Trinajstić information content (AvgIpc) is 2.72. The first-order valence-corrected chi connectivity index (χ1v) is 10.1. The van der Waals surface area contributed by atoms with Crippen LogP contribution in [0.4, 0.5) is 0 Å². The van der Waals surface area contributed by atoms with Gasteiger partial charge in [0.05, 0.1) is 13.2 Å². The molecule has 1 aromatic heterocycles. The van der Waals surface area contributed by atoms with Gasteiger partial charge in [-0.25, -0.2) is 9.78 Å². The van der Waals surface area contributed by atoms with Gasteiger partial charge in [0.15, 0.2) is 11.4 Å². The van der Waals surface area contributed by atoms with E-state index in [0.29, 0.717) is 12.3 Å². The second-order valence-electron chi connectivity index (χ2n) is 7.38. The molecule has 1 fully saturated rings. The first kappa shape index (κ1) is 22.6. The van der Waals surface area contributed by atoms with Crippen LogP contribution in [-0.4, -0.2) is 42.1 Å². The van der Waals surface area contributed by atoms with Crippen LogP contribution in [0.2, 0.25) is 0 Å². The third-order valence-electron chi connectivity index (χ3n) is 4.92. The smallest absolute Gasteiger partial charge is 0.328 e. The molecular formula is C21H30N2O6. The molecule has 0 aliphatic carbocycles. The van der Waals surface area contributed by atoms with Crippen LogP contribution in [0, 0.1) is 5.92 Å². The highest BCUT2D eigenvalue weighted by molar-refractivity contribution is 5.98. The van der Waals surface area contributed by atoms with Crippen molar-refractivity contribution >= 4 is 17.8 Å². The summed E-state index contributed by atoms with van der Waals surface area (Å²) < 4.78 is 15.8. The summed E-state index contributed by atoms with van der Waals surface area (Å²) in [6.45, 7) is 5.25. The summed E-state index contributed by atoms with van der Waals surface area (Å²) in [7, 11) is 1.40. The molecule has 2 unspecified atom stereocenters. The quantitative estimate of drug-likeness (QED) is 0.724. The van der Waals surface area contributed by atoms with Gasteiger partial charge in [-0.1, -0.05) is 32.6 Å². The Bertz CT molecular complexity index is 736. The lowest BCUT2D eigenvalue weighted by Gasteiger charge is -2.20. The standard InChI is InChI=1S/C21H30N2O6/c1-5-7-15-8-6-9-16(21(26)28-13(2)12-15)23-20(25)18-19(29-14(3)24)17(27-4)10-11-22-18/h10-11,13,15-16H,5-9,12H2,1-4H3,(H,23,25)/t13?,15?,16-/m0/s1. The van der Waals surface area contributed by atoms with Gasteiger partial charge in [0.2, 0.25) is 5.75 Å². The summed E-state index contributed by atoms with van der Waals surface area (Å²) in [5.41, 5.74) is -0.121. The van der Waals surface area contributed by atoms with E-state index in [1.54, 1.807) is 0 Å². The normalized spacial score (nSPS) is 22.5. The van der Waals surface area contributed by atoms with E-state index in [1.165, 1.54) is 26.3 Å². The van der Waals surface area contributed by atoms with Gasteiger partial charge in [0.25, 0.3) is 5.91 Å². The molecule has 1 aliphatic rings. The number of cyclic esters (lactones) is 1. The second-order valence-corrected chi connectivity index (χ2v) is 7.38. The molecular weight excluding hydrogens is 376 g/mol. The fraction of sp³-hybridized carbons (Fsp3) is 0.619. The number of nitrogens with one attached hydrogen (secondary N) is 1. The van der Waals surface area contributed by atoms with E-state index in [-0.39, 0.29) is 23.3 Å². The predicted octanol–water partition coefficient (Wildman–Crippen LogP) is 3.04. The summed E-state index contributed by atoms with van der Waals surface area (Å²) >= 11 is 0. The van der Waals surface area contributed by atoms with Gasteiger partial charge in [0.1, 0.15) is 6.04 Å². The Morgan fingerprint density at radius 3 is 2.76 bits per heavy atom. The molecule has 160 valence electrons. The van der Waals surface area contributed by atoms with E-state index in [2.05, 4.69) is 17.2 Å². The van der Waals surface area contributed by atoms with Crippen LogP contribution in [0.15, 0.2) is 12.3 Å². The maximum absolute atomic E-state index is 12.8. The van der Waals surface area contributed by atoms with Gasteiger partial charge in [-0.2, -0.15) is 0 Å². The largest absolute Gasteiger partial charge is 0.493 e. The van der Waals surface area contributed by atoms with Crippen molar-refractivity contribution in [2.45, 2.75) is 71.4 Å². The Balaban J connectivity index is 2.18. The minimum Gasteiger partial charge on any atom is -0.493 e. The van der Waals surface area contributed by atoms with E-state index < -0.39 is 23.9 Å². The molecule has 8 nitrogen and oxygen atoms in total. The SMILES string of the molecule is CCCC1CCC[C@H](NC(=O)c2nccc(OC)c2OC(C)=O)C(=O)OC(C)C1. The molecule has 0 saturated carbocycles. The fourth-order valence-corrected chi connectivity index (χ4v) is 3.67. The topological polar surface area (TPSA) is 104 Å². The highest BCUT2D eigenvalue weighted by Crippen LogP contribution is 2.30. The maximum Gasteiger partial charge on any atom is 0.328 e. The summed E-state index contributed by atoms with van der Waals surface area (Å²) in [5.74, 6) is -1.06. The van der Waals surface area contributed by atoms with E-state index >= 15 is 0 Å². The van der Waals surface area contributed by atoms with Gasteiger partial charge < -0.3 is 19.5 Å². The fourth-order valence-electron chi connectivity index (χ4n) is 3.67. The molecule has 1 N–H and O–H groups in total. The molecule has 29 heavy (non-hydrogen) atoms. The zero-order valence-electron chi connectivity index (χ0n) is 17.5. The first-order chi connectivity index (χ1) is 13.8. The van der Waals surface area contributed by atoms with Crippen molar-refractivity contribution in [2.75, 3.05) is 7.11 Å². The Morgan fingerprint density at radius 1 is 1.34 bits per heavy atom. The number of methoxy groups -OCH3 is 1. The number of ether oxygens (including phenoxy) is 3. The summed E-state index contributed by atoms with van der Waals surface area (Å²) in [5, 5.41) is 2.69. The third-order valence-corrected chi connectivity index (χ3v) is 4.92. The van der Waals surface area contributed by atoms with E-state index in [0.717, 1.165) is 32.1 Å². The lowest BCUT2D eigenvalue weighted by molar-refractivity contribution is -0.151. The number of carbonyl (C=O) groups excluding carboxylic acids is 3. The van der Waals surface area contributed by atoms with Gasteiger partial charge in [-0.05, 0) is 25.7 Å². The molecule has 0 radical (unpaired) electrons. The van der Waals surface area contributed by atoms with Crippen molar-refractivity contribution in [3.63, 3.8) is 0 Å². The first-order valence-electron chi connectivity index (χ1n) is 10.1. The van der Waals surface area contributed by atoms with Crippen LogP contribution in [0.25, 0.3) is 0 Å². The van der Waals surface area contributed by atoms with Crippen molar-refractivity contribution in [2.24, 2.45) is 5.92 Å². The van der Waals surface area contributed by atoms with Gasteiger partial charge in [-0.3, -0.25) is 9.59 Å². The molecule has 0 aromatic carbocycles. The molecule has 1 aromatic rings. The molecule has 1 aliphatic heterocycles. The molecule has 0 spiro atoms. The highest BCUT2D eigenvalue weighted by atomic mass is 16.6. The molecule has 2 rings (SSSR count). The molecule has 8 heteroatoms. The van der Waals surface area contributed by atoms with Crippen molar-refractivity contribution in [1.82, 2.24) is 10.3 Å². The second kappa shape index (κ2) is 10.8. The Hall–Kier alpha value is -2.64. The number of esters is 2. The molecule has 0 bridgehead atoms. The summed E-state index contributed by atoms with van der Waals surface area (Å²) in [6.07, 6.45) is 6.45. The number of aromatic nitrogens is 1. The Kier molecular flexibility index (Phi) is 8.42. The number of pyridine rings is 1. The number of hydrogen-bond donors (Lipinski definition) is 1. The van der Waals surface area contributed by atoms with Crippen LogP contribution in [-0.2, 0) is 14.3 Å². The van der Waals surface area contributed by atoms with Crippen molar-refractivity contribution in [3.05, 3.63) is 18.0 Å². The van der Waals surface area contributed by atoms with Crippen LogP contribution in [0.5, 0.6) is 11.5 Å². The molecule has 3 atom stereocenters. The van der Waals surface area contributed by atoms with Crippen LogP contribution >= 0.6 is 0 Å². The van der Waals surface area contributed by atoms with Gasteiger partial charge in [-0.15, -0.1) is 0 Å². The van der Waals surface area contributed by atoms with Crippen molar-refractivity contribution in [3.8, 4) is 11.5 Å². The Labute approximate surface area is 171 Å². The lowest BCUT2D eigenvalue weighted by atomic mass is 9.91. The Morgan fingerprint density at radius 2 is 2.10 bits per heavy atom. The molecule has 1 amide bonds. The predicted molar refractivity (Wildman–Crippen MR) is 106 cm³/mol. The minimum atomic E-state index is -0.788. The molecule has 2 heterocycles. The van der Waals surface area contributed by atoms with Crippen molar-refractivity contribution < 1.29 is 28.6 Å². The highest BCUT2D eigenvalue weighted by Gasteiger charge is 2.29. The zero-order valence-corrected chi connectivity index (χ0v) is 17.5. The zero-order chi connectivity index (χ0) is 21.4. The average molecular weight is 406 g/mol. The minimum absolute atomic E-state index is 0.0761. The number of carbonyl (C=O) groups is 3. The lowest BCUT2D eigenvalue weighted by Crippen LogP contribution is -2.43. The maximum atomic E-state index is 12.8. The molecule has 1 saturated heterocycles. The van der Waals surface area contributed by atoms with Crippen molar-refractivity contribution in [1.29, 1.82) is 0 Å². The number of amides is 1. The van der Waals surface area contributed by atoms with Crippen LogP contribution in [0.1, 0.15) is 69.8 Å². The number of hydrogen-bond acceptors (Lipinski definition) is 7. The number of rotatable bonds is 6. The number of nitrogens with zero attached hydrogens (tertiary/aromatic N) is 1. The third kappa shape index (κ3) is 6.44. The summed E-state index contributed by atoms with van der Waals surface area (Å²) in [6, 6.07) is 0.697. The summed E-state index contributed by atoms with van der Waals surface area (Å²) in [4.78, 5) is 40.9. The van der Waals surface area contributed by atoms with Crippen LogP contribution < -0.4 is 14.8 Å². The van der Waals surface area contributed by atoms with Gasteiger partial charge in [0, 0.05) is 19.2 Å². The monoisotopic (exact) mass is 406 g/mol. The van der Waals surface area contributed by atoms with Gasteiger partial charge >= 0.3 is 11.9 Å². The van der Waals surface area contributed by atoms with E-state index in [9.17, 15) is 14.4 Å². The van der Waals surface area contributed by atoms with E-state index in [4.69, 9.17) is 14.2 Å².